The van der Waals surface area contributed by atoms with E-state index in [0.29, 0.717) is 18.9 Å². The fourth-order valence-electron chi connectivity index (χ4n) is 3.72. The van der Waals surface area contributed by atoms with Gasteiger partial charge >= 0.3 is 0 Å². The number of furan rings is 1. The minimum atomic E-state index is -0.112. The summed E-state index contributed by atoms with van der Waals surface area (Å²) in [6, 6.07) is 18.7. The van der Waals surface area contributed by atoms with Crippen LogP contribution in [0.25, 0.3) is 38.4 Å². The minimum absolute atomic E-state index is 0.112. The Bertz CT molecular complexity index is 1250. The van der Waals surface area contributed by atoms with Crippen LogP contribution in [0.5, 0.6) is 5.75 Å². The molecule has 0 saturated carbocycles. The van der Waals surface area contributed by atoms with Crippen LogP contribution in [0.4, 0.5) is 0 Å². The molecule has 1 heterocycles. The van der Waals surface area contributed by atoms with Crippen molar-refractivity contribution in [3.8, 4) is 16.9 Å². The molecular formula is C26H25NO3. The van der Waals surface area contributed by atoms with Crippen LogP contribution in [-0.4, -0.2) is 19.1 Å². The maximum Gasteiger partial charge on any atom is 0.244 e. The zero-order chi connectivity index (χ0) is 21.1. The van der Waals surface area contributed by atoms with Gasteiger partial charge in [-0.25, -0.2) is 0 Å². The van der Waals surface area contributed by atoms with Crippen molar-refractivity contribution in [3.63, 3.8) is 0 Å². The number of benzene rings is 3. The first-order chi connectivity index (χ1) is 14.6. The van der Waals surface area contributed by atoms with Crippen molar-refractivity contribution in [2.45, 2.75) is 20.8 Å². The van der Waals surface area contributed by atoms with E-state index >= 15 is 0 Å². The molecule has 1 N–H and O–H groups in total. The number of amides is 1. The molecule has 1 aromatic heterocycles. The molecule has 0 atom stereocenters. The number of carbonyl (C=O) groups excluding carboxylic acids is 1. The number of nitrogens with one attached hydrogen (secondary N) is 1. The average molecular weight is 399 g/mol. The van der Waals surface area contributed by atoms with Gasteiger partial charge in [0.1, 0.15) is 11.3 Å². The fourth-order valence-corrected chi connectivity index (χ4v) is 3.72. The third-order valence-electron chi connectivity index (χ3n) is 5.16. The topological polar surface area (TPSA) is 51.5 Å². The van der Waals surface area contributed by atoms with Crippen LogP contribution in [0.15, 0.2) is 71.4 Å². The van der Waals surface area contributed by atoms with Gasteiger partial charge in [-0.05, 0) is 54.8 Å². The Morgan fingerprint density at radius 1 is 1.07 bits per heavy atom. The van der Waals surface area contributed by atoms with Crippen molar-refractivity contribution >= 4 is 33.2 Å². The molecule has 0 aliphatic rings. The van der Waals surface area contributed by atoms with E-state index in [1.165, 1.54) is 10.8 Å². The van der Waals surface area contributed by atoms with Gasteiger partial charge in [0.05, 0.1) is 12.9 Å². The van der Waals surface area contributed by atoms with E-state index in [1.54, 1.807) is 12.3 Å². The molecule has 0 aliphatic heterocycles. The summed E-state index contributed by atoms with van der Waals surface area (Å²) in [4.78, 5) is 12.1. The number of hydrogen-bond acceptors (Lipinski definition) is 3. The molecule has 0 saturated heterocycles. The Balaban J connectivity index is 1.85. The van der Waals surface area contributed by atoms with Gasteiger partial charge in [-0.3, -0.25) is 4.79 Å². The molecule has 1 amide bonds. The Hall–Kier alpha value is -3.53. The van der Waals surface area contributed by atoms with E-state index in [-0.39, 0.29) is 5.91 Å². The Labute approximate surface area is 176 Å². The maximum absolute atomic E-state index is 12.1. The lowest BCUT2D eigenvalue weighted by Crippen LogP contribution is -2.20. The third-order valence-corrected chi connectivity index (χ3v) is 5.16. The number of hydrogen-bond donors (Lipinski definition) is 1. The molecule has 0 radical (unpaired) electrons. The van der Waals surface area contributed by atoms with Gasteiger partial charge < -0.3 is 14.5 Å². The Morgan fingerprint density at radius 2 is 1.87 bits per heavy atom. The minimum Gasteiger partial charge on any atom is -0.493 e. The fraction of sp³-hybridized carbons (Fsp3) is 0.192. The standard InChI is InChI=1S/C26H25NO3/c1-4-27-26(28)12-17(3)21-14-22-23(16-30-25(22)15-24(21)29-5-2)20-11-10-18-8-6-7-9-19(18)13-20/h6-16H,4-5H2,1-3H3,(H,27,28)/b17-12+. The lowest BCUT2D eigenvalue weighted by Gasteiger charge is -2.12. The van der Waals surface area contributed by atoms with Gasteiger partial charge in [-0.2, -0.15) is 0 Å². The molecule has 0 aliphatic carbocycles. The molecule has 0 bridgehead atoms. The van der Waals surface area contributed by atoms with E-state index < -0.39 is 0 Å². The summed E-state index contributed by atoms with van der Waals surface area (Å²) in [5.41, 5.74) is 4.60. The number of carbonyl (C=O) groups is 1. The molecule has 0 unspecified atom stereocenters. The van der Waals surface area contributed by atoms with Gasteiger partial charge in [0.25, 0.3) is 0 Å². The zero-order valence-corrected chi connectivity index (χ0v) is 17.5. The normalized spacial score (nSPS) is 11.8. The van der Waals surface area contributed by atoms with E-state index in [2.05, 4.69) is 41.7 Å². The second-order valence-electron chi connectivity index (χ2n) is 7.21. The second-order valence-corrected chi connectivity index (χ2v) is 7.21. The average Bonchev–Trinajstić information content (AvgIpc) is 3.16. The van der Waals surface area contributed by atoms with Gasteiger partial charge in [0, 0.05) is 35.2 Å². The Morgan fingerprint density at radius 3 is 2.63 bits per heavy atom. The predicted octanol–water partition coefficient (Wildman–Crippen LogP) is 6.19. The lowest BCUT2D eigenvalue weighted by molar-refractivity contribution is -0.116. The second kappa shape index (κ2) is 8.46. The van der Waals surface area contributed by atoms with Crippen molar-refractivity contribution in [3.05, 3.63) is 72.5 Å². The highest BCUT2D eigenvalue weighted by Gasteiger charge is 2.15. The third kappa shape index (κ3) is 3.81. The first kappa shape index (κ1) is 19.8. The van der Waals surface area contributed by atoms with Gasteiger partial charge in [0.15, 0.2) is 0 Å². The SMILES string of the molecule is CCNC(=O)/C=C(\C)c1cc2c(-c3ccc4ccccc4c3)coc2cc1OCC. The predicted molar refractivity (Wildman–Crippen MR) is 123 cm³/mol. The molecule has 30 heavy (non-hydrogen) atoms. The lowest BCUT2D eigenvalue weighted by atomic mass is 9.97. The molecule has 0 spiro atoms. The summed E-state index contributed by atoms with van der Waals surface area (Å²) >= 11 is 0. The van der Waals surface area contributed by atoms with Gasteiger partial charge in [-0.15, -0.1) is 0 Å². The van der Waals surface area contributed by atoms with Crippen molar-refractivity contribution in [2.75, 3.05) is 13.2 Å². The number of fused-ring (bicyclic) bond motifs is 2. The highest BCUT2D eigenvalue weighted by atomic mass is 16.5. The van der Waals surface area contributed by atoms with Crippen molar-refractivity contribution in [2.24, 2.45) is 0 Å². The summed E-state index contributed by atoms with van der Waals surface area (Å²) in [7, 11) is 0. The van der Waals surface area contributed by atoms with Crippen LogP contribution in [0.1, 0.15) is 26.3 Å². The monoisotopic (exact) mass is 399 g/mol. The highest BCUT2D eigenvalue weighted by Crippen LogP contribution is 2.38. The summed E-state index contributed by atoms with van der Waals surface area (Å²) in [6.07, 6.45) is 3.40. The highest BCUT2D eigenvalue weighted by molar-refractivity contribution is 6.01. The smallest absolute Gasteiger partial charge is 0.244 e. The van der Waals surface area contributed by atoms with Crippen LogP contribution in [0.2, 0.25) is 0 Å². The first-order valence-corrected chi connectivity index (χ1v) is 10.2. The Kier molecular flexibility index (Phi) is 5.57. The van der Waals surface area contributed by atoms with Crippen LogP contribution in [-0.2, 0) is 4.79 Å². The van der Waals surface area contributed by atoms with Gasteiger partial charge in [0.2, 0.25) is 5.91 Å². The van der Waals surface area contributed by atoms with E-state index in [1.807, 2.05) is 39.0 Å². The summed E-state index contributed by atoms with van der Waals surface area (Å²) in [6.45, 7) is 6.90. The number of rotatable bonds is 6. The van der Waals surface area contributed by atoms with E-state index in [0.717, 1.165) is 33.2 Å². The molecule has 0 fully saturated rings. The number of ether oxygens (including phenoxy) is 1. The summed E-state index contributed by atoms with van der Waals surface area (Å²) in [5.74, 6) is 0.599. The van der Waals surface area contributed by atoms with Crippen LogP contribution in [0.3, 0.4) is 0 Å². The van der Waals surface area contributed by atoms with Crippen molar-refractivity contribution < 1.29 is 13.9 Å². The molecule has 4 rings (SSSR count). The van der Waals surface area contributed by atoms with Crippen LogP contribution in [0, 0.1) is 0 Å². The van der Waals surface area contributed by atoms with E-state index in [9.17, 15) is 4.79 Å². The first-order valence-electron chi connectivity index (χ1n) is 10.2. The molecular weight excluding hydrogens is 374 g/mol. The van der Waals surface area contributed by atoms with Crippen LogP contribution >= 0.6 is 0 Å². The van der Waals surface area contributed by atoms with Crippen molar-refractivity contribution in [1.29, 1.82) is 0 Å². The summed E-state index contributed by atoms with van der Waals surface area (Å²) in [5, 5.41) is 6.19. The molecule has 4 heteroatoms. The largest absolute Gasteiger partial charge is 0.493 e. The molecule has 152 valence electrons. The molecule has 3 aromatic carbocycles. The van der Waals surface area contributed by atoms with Crippen LogP contribution < -0.4 is 10.1 Å². The van der Waals surface area contributed by atoms with Gasteiger partial charge in [-0.1, -0.05) is 36.4 Å². The molecule has 4 nitrogen and oxygen atoms in total. The van der Waals surface area contributed by atoms with E-state index in [4.69, 9.17) is 9.15 Å². The number of likely N-dealkylation sites (N-methyl/N-ethyl adjacent to an activating group) is 1. The zero-order valence-electron chi connectivity index (χ0n) is 17.5. The molecule has 4 aromatic rings. The number of allylic oxidation sites excluding steroid dienone is 1. The van der Waals surface area contributed by atoms with Crippen molar-refractivity contribution in [1.82, 2.24) is 5.32 Å². The summed E-state index contributed by atoms with van der Waals surface area (Å²) < 4.78 is 11.7. The maximum atomic E-state index is 12.1. The quantitative estimate of drug-likeness (QED) is 0.393.